The van der Waals surface area contributed by atoms with Crippen LogP contribution in [-0.4, -0.2) is 42.0 Å². The van der Waals surface area contributed by atoms with Crippen LogP contribution in [0.3, 0.4) is 0 Å². The molecule has 2 nitrogen and oxygen atoms in total. The van der Waals surface area contributed by atoms with Gasteiger partial charge in [-0.05, 0) is 23.8 Å². The number of aliphatic hydroxyl groups excluding tert-OH is 1. The molecule has 2 atom stereocenters. The van der Waals surface area contributed by atoms with E-state index in [1.54, 1.807) is 11.8 Å². The van der Waals surface area contributed by atoms with E-state index in [1.165, 1.54) is 0 Å². The van der Waals surface area contributed by atoms with Gasteiger partial charge in [0.05, 0.1) is 13.2 Å². The molecule has 2 unspecified atom stereocenters. The Morgan fingerprint density at radius 1 is 1.50 bits per heavy atom. The third-order valence-electron chi connectivity index (χ3n) is 2.30. The Kier molecular flexibility index (Phi) is 4.53. The van der Waals surface area contributed by atoms with Gasteiger partial charge in [-0.1, -0.05) is 0 Å². The van der Waals surface area contributed by atoms with E-state index in [2.05, 4.69) is 5.32 Å². The Bertz CT molecular complexity index is 170. The van der Waals surface area contributed by atoms with E-state index in [1.807, 2.05) is 0 Å². The highest BCUT2D eigenvalue weighted by molar-refractivity contribution is 7.99. The second-order valence-corrected chi connectivity index (χ2v) is 4.56. The molecule has 1 aliphatic heterocycles. The van der Waals surface area contributed by atoms with Gasteiger partial charge in [-0.25, -0.2) is 0 Å². The minimum absolute atomic E-state index is 0.173. The quantitative estimate of drug-likeness (QED) is 0.761. The van der Waals surface area contributed by atoms with Crippen molar-refractivity contribution in [3.63, 3.8) is 0 Å². The SMILES string of the molecule is OCC(NCC(F)(F)F)C1CCSC1. The zero-order valence-corrected chi connectivity index (χ0v) is 8.50. The molecule has 0 saturated carbocycles. The molecule has 6 heteroatoms. The van der Waals surface area contributed by atoms with Gasteiger partial charge >= 0.3 is 6.18 Å². The van der Waals surface area contributed by atoms with Gasteiger partial charge in [0.2, 0.25) is 0 Å². The summed E-state index contributed by atoms with van der Waals surface area (Å²) in [5.74, 6) is 2.00. The zero-order valence-electron chi connectivity index (χ0n) is 7.68. The summed E-state index contributed by atoms with van der Waals surface area (Å²) in [5, 5.41) is 11.3. The molecule has 1 fully saturated rings. The van der Waals surface area contributed by atoms with Crippen molar-refractivity contribution in [3.8, 4) is 0 Å². The summed E-state index contributed by atoms with van der Waals surface area (Å²) < 4.78 is 35.7. The topological polar surface area (TPSA) is 32.3 Å². The van der Waals surface area contributed by atoms with Crippen molar-refractivity contribution >= 4 is 11.8 Å². The maximum Gasteiger partial charge on any atom is 0.401 e. The average Bonchev–Trinajstić information content (AvgIpc) is 2.56. The van der Waals surface area contributed by atoms with Gasteiger partial charge in [0.15, 0.2) is 0 Å². The molecule has 1 aliphatic rings. The van der Waals surface area contributed by atoms with Crippen LogP contribution >= 0.6 is 11.8 Å². The van der Waals surface area contributed by atoms with E-state index < -0.39 is 18.8 Å². The molecule has 0 radical (unpaired) electrons. The predicted octanol–water partition coefficient (Wildman–Crippen LogP) is 1.25. The van der Waals surface area contributed by atoms with Gasteiger partial charge in [0.1, 0.15) is 0 Å². The fourth-order valence-corrected chi connectivity index (χ4v) is 2.84. The first-order valence-electron chi connectivity index (χ1n) is 4.51. The number of hydrogen-bond donors (Lipinski definition) is 2. The molecule has 0 aromatic heterocycles. The summed E-state index contributed by atoms with van der Waals surface area (Å²) >= 11 is 1.73. The molecular formula is C8H14F3NOS. The predicted molar refractivity (Wildman–Crippen MR) is 50.4 cm³/mol. The number of halogens is 3. The second kappa shape index (κ2) is 5.23. The third-order valence-corrected chi connectivity index (χ3v) is 3.48. The summed E-state index contributed by atoms with van der Waals surface area (Å²) in [4.78, 5) is 0. The van der Waals surface area contributed by atoms with Crippen LogP contribution in [0.15, 0.2) is 0 Å². The highest BCUT2D eigenvalue weighted by Gasteiger charge is 2.31. The van der Waals surface area contributed by atoms with Crippen LogP contribution in [0.5, 0.6) is 0 Å². The van der Waals surface area contributed by atoms with Crippen molar-refractivity contribution < 1.29 is 18.3 Å². The second-order valence-electron chi connectivity index (χ2n) is 3.41. The maximum atomic E-state index is 11.9. The Hall–Kier alpha value is 0.0600. The van der Waals surface area contributed by atoms with Crippen molar-refractivity contribution in [2.45, 2.75) is 18.6 Å². The molecule has 1 heterocycles. The summed E-state index contributed by atoms with van der Waals surface area (Å²) in [6.45, 7) is -1.24. The van der Waals surface area contributed by atoms with Crippen LogP contribution in [0.1, 0.15) is 6.42 Å². The number of hydrogen-bond acceptors (Lipinski definition) is 3. The molecule has 0 aromatic carbocycles. The van der Waals surface area contributed by atoms with Crippen molar-refractivity contribution in [2.24, 2.45) is 5.92 Å². The van der Waals surface area contributed by atoms with E-state index in [0.717, 1.165) is 17.9 Å². The number of rotatable bonds is 4. The lowest BCUT2D eigenvalue weighted by Gasteiger charge is -2.22. The van der Waals surface area contributed by atoms with Gasteiger partial charge in [0.25, 0.3) is 0 Å². The molecule has 0 spiro atoms. The van der Waals surface area contributed by atoms with Crippen LogP contribution in [-0.2, 0) is 0 Å². The first-order valence-corrected chi connectivity index (χ1v) is 5.67. The molecular weight excluding hydrogens is 215 g/mol. The summed E-state index contributed by atoms with van der Waals surface area (Å²) in [7, 11) is 0. The Labute approximate surface area is 85.3 Å². The van der Waals surface area contributed by atoms with Crippen molar-refractivity contribution in [1.29, 1.82) is 0 Å². The zero-order chi connectivity index (χ0) is 10.6. The standard InChI is InChI=1S/C8H14F3NOS/c9-8(10,11)5-12-7(3-13)6-1-2-14-4-6/h6-7,12-13H,1-5H2. The molecule has 0 aliphatic carbocycles. The Morgan fingerprint density at radius 2 is 2.21 bits per heavy atom. The maximum absolute atomic E-state index is 11.9. The lowest BCUT2D eigenvalue weighted by molar-refractivity contribution is -0.127. The van der Waals surface area contributed by atoms with Crippen LogP contribution in [0.2, 0.25) is 0 Å². The summed E-state index contributed by atoms with van der Waals surface area (Å²) in [6, 6.07) is -0.411. The van der Waals surface area contributed by atoms with Gasteiger partial charge in [-0.3, -0.25) is 0 Å². The molecule has 14 heavy (non-hydrogen) atoms. The number of thioether (sulfide) groups is 1. The Morgan fingerprint density at radius 3 is 2.64 bits per heavy atom. The summed E-state index contributed by atoms with van der Waals surface area (Å²) in [6.07, 6.45) is -3.31. The molecule has 1 saturated heterocycles. The number of aliphatic hydroxyl groups is 1. The molecule has 0 amide bonds. The monoisotopic (exact) mass is 229 g/mol. The van der Waals surface area contributed by atoms with E-state index in [9.17, 15) is 13.2 Å². The smallest absolute Gasteiger partial charge is 0.395 e. The minimum atomic E-state index is -4.20. The van der Waals surface area contributed by atoms with Gasteiger partial charge in [0, 0.05) is 6.04 Å². The molecule has 0 aromatic rings. The Balaban J connectivity index is 2.31. The van der Waals surface area contributed by atoms with Gasteiger partial charge in [-0.15, -0.1) is 0 Å². The summed E-state index contributed by atoms with van der Waals surface area (Å²) in [5.41, 5.74) is 0. The largest absolute Gasteiger partial charge is 0.401 e. The normalized spacial score (nSPS) is 25.3. The number of alkyl halides is 3. The van der Waals surface area contributed by atoms with Crippen LogP contribution in [0.25, 0.3) is 0 Å². The van der Waals surface area contributed by atoms with Crippen LogP contribution in [0, 0.1) is 5.92 Å². The van der Waals surface area contributed by atoms with Crippen molar-refractivity contribution in [3.05, 3.63) is 0 Å². The number of nitrogens with one attached hydrogen (secondary N) is 1. The minimum Gasteiger partial charge on any atom is -0.395 e. The molecule has 0 bridgehead atoms. The average molecular weight is 229 g/mol. The van der Waals surface area contributed by atoms with E-state index >= 15 is 0 Å². The molecule has 2 N–H and O–H groups in total. The third kappa shape index (κ3) is 4.06. The van der Waals surface area contributed by atoms with Crippen LogP contribution < -0.4 is 5.32 Å². The highest BCUT2D eigenvalue weighted by Crippen LogP contribution is 2.26. The molecule has 1 rings (SSSR count). The first kappa shape index (κ1) is 12.1. The van der Waals surface area contributed by atoms with Crippen LogP contribution in [0.4, 0.5) is 13.2 Å². The van der Waals surface area contributed by atoms with Gasteiger partial charge < -0.3 is 10.4 Å². The van der Waals surface area contributed by atoms with E-state index in [0.29, 0.717) is 0 Å². The fraction of sp³-hybridized carbons (Fsp3) is 1.00. The van der Waals surface area contributed by atoms with E-state index in [-0.39, 0.29) is 12.5 Å². The first-order chi connectivity index (χ1) is 6.53. The van der Waals surface area contributed by atoms with Gasteiger partial charge in [-0.2, -0.15) is 24.9 Å². The van der Waals surface area contributed by atoms with Crippen molar-refractivity contribution in [1.82, 2.24) is 5.32 Å². The molecule has 84 valence electrons. The fourth-order valence-electron chi connectivity index (χ4n) is 1.50. The van der Waals surface area contributed by atoms with Crippen molar-refractivity contribution in [2.75, 3.05) is 24.7 Å². The van der Waals surface area contributed by atoms with E-state index in [4.69, 9.17) is 5.11 Å². The highest BCUT2D eigenvalue weighted by atomic mass is 32.2. The lowest BCUT2D eigenvalue weighted by Crippen LogP contribution is -2.44. The lowest BCUT2D eigenvalue weighted by atomic mass is 10.00.